The minimum Gasteiger partial charge on any atom is -0.318 e. The number of ketones is 1. The molecule has 7 atom stereocenters. The van der Waals surface area contributed by atoms with Crippen molar-refractivity contribution in [3.63, 3.8) is 0 Å². The Morgan fingerprint density at radius 2 is 1.97 bits per heavy atom. The van der Waals surface area contributed by atoms with Gasteiger partial charge in [0.1, 0.15) is 0 Å². The fraction of sp³-hybridized carbons (Fsp3) is 0.806. The van der Waals surface area contributed by atoms with Crippen molar-refractivity contribution in [2.24, 2.45) is 39.7 Å². The highest BCUT2D eigenvalue weighted by Gasteiger charge is 2.59. The Morgan fingerprint density at radius 3 is 2.72 bits per heavy atom. The largest absolute Gasteiger partial charge is 0.436 e. The maximum atomic E-state index is 13.1. The number of nitrogens with zero attached hydrogens (tertiary/aromatic N) is 2. The molecule has 1 unspecified atom stereocenters. The summed E-state index contributed by atoms with van der Waals surface area (Å²) < 4.78 is 0. The second-order valence-corrected chi connectivity index (χ2v) is 13.9. The van der Waals surface area contributed by atoms with Gasteiger partial charge in [-0.25, -0.2) is 4.79 Å². The molecule has 3 saturated carbocycles. The van der Waals surface area contributed by atoms with E-state index in [2.05, 4.69) is 36.6 Å². The third kappa shape index (κ3) is 5.50. The van der Waals surface area contributed by atoms with Crippen LogP contribution in [-0.2, 0) is 9.63 Å². The molecule has 1 amide bonds. The first-order valence-electron chi connectivity index (χ1n) is 15.3. The van der Waals surface area contributed by atoms with Gasteiger partial charge in [-0.2, -0.15) is 0 Å². The van der Waals surface area contributed by atoms with E-state index in [4.69, 9.17) is 17.1 Å². The minimum atomic E-state index is -0.372. The lowest BCUT2D eigenvalue weighted by Crippen LogP contribution is -2.51. The summed E-state index contributed by atoms with van der Waals surface area (Å²) in [7, 11) is 1.89. The molecule has 0 aromatic rings. The maximum Gasteiger partial charge on any atom is 0.436 e. The molecular weight excluding hydrogens is 508 g/mol. The Balaban J connectivity index is 1.23. The molecule has 39 heavy (non-hydrogen) atoms. The summed E-state index contributed by atoms with van der Waals surface area (Å²) in [6, 6.07) is 0.198. The Labute approximate surface area is 239 Å². The van der Waals surface area contributed by atoms with Gasteiger partial charge >= 0.3 is 6.09 Å². The molecular formula is C31H48N4O3S. The lowest BCUT2D eigenvalue weighted by Gasteiger charge is -2.58. The monoisotopic (exact) mass is 556 g/mol. The summed E-state index contributed by atoms with van der Waals surface area (Å²) in [6.07, 6.45) is 12.1. The Morgan fingerprint density at radius 1 is 1.15 bits per heavy atom. The molecule has 216 valence electrons. The minimum absolute atomic E-state index is 0.193. The van der Waals surface area contributed by atoms with Crippen LogP contribution in [0.15, 0.2) is 16.8 Å². The van der Waals surface area contributed by atoms with Gasteiger partial charge in [0.25, 0.3) is 0 Å². The zero-order valence-electron chi connectivity index (χ0n) is 24.4. The fourth-order valence-corrected chi connectivity index (χ4v) is 9.53. The second kappa shape index (κ2) is 11.7. The van der Waals surface area contributed by atoms with Crippen molar-refractivity contribution in [2.75, 3.05) is 33.2 Å². The van der Waals surface area contributed by atoms with Gasteiger partial charge in [0.15, 0.2) is 5.78 Å². The second-order valence-electron chi connectivity index (χ2n) is 13.3. The molecule has 4 fully saturated rings. The summed E-state index contributed by atoms with van der Waals surface area (Å²) in [5.74, 6) is 2.74. The summed E-state index contributed by atoms with van der Waals surface area (Å²) >= 11 is 5.48. The Bertz CT molecular complexity index is 1040. The molecule has 5 rings (SSSR count). The third-order valence-electron chi connectivity index (χ3n) is 11.5. The van der Waals surface area contributed by atoms with Gasteiger partial charge in [-0.05, 0) is 106 Å². The molecule has 1 saturated heterocycles. The number of oxime groups is 1. The van der Waals surface area contributed by atoms with Crippen molar-refractivity contribution < 1.29 is 14.4 Å². The molecule has 8 heteroatoms. The first-order valence-corrected chi connectivity index (χ1v) is 15.7. The molecule has 0 spiro atoms. The van der Waals surface area contributed by atoms with Crippen molar-refractivity contribution in [2.45, 2.75) is 91.0 Å². The van der Waals surface area contributed by atoms with Gasteiger partial charge in [0.2, 0.25) is 0 Å². The topological polar surface area (TPSA) is 83.0 Å². The zero-order chi connectivity index (χ0) is 27.8. The van der Waals surface area contributed by atoms with Gasteiger partial charge in [0.05, 0.1) is 5.71 Å². The van der Waals surface area contributed by atoms with Crippen molar-refractivity contribution in [3.05, 3.63) is 11.6 Å². The van der Waals surface area contributed by atoms with Crippen LogP contribution in [0.25, 0.3) is 0 Å². The standard InChI is InChI=1S/C31H48N4O3S/c1-20(34-38-29(37)35(18-16-32-4)17-12-27-28(39)11-15-33-27)24-7-8-25-23-6-5-21-19-22(36)9-13-30(21,2)26(23)10-14-31(24,25)3/h19,23-27,32-33H,5-18H2,1-4H3/b34-20+/t23-,24+,25-,26-,27?,30-,31+/m0/s1. The molecule has 1 aliphatic heterocycles. The molecule has 1 heterocycles. The van der Waals surface area contributed by atoms with Gasteiger partial charge < -0.3 is 15.5 Å². The first kappa shape index (κ1) is 28.9. The van der Waals surface area contributed by atoms with Gasteiger partial charge in [0, 0.05) is 49.4 Å². The number of fused-ring (bicyclic) bond motifs is 5. The van der Waals surface area contributed by atoms with E-state index in [1.54, 1.807) is 4.90 Å². The number of hydrogen-bond acceptors (Lipinski definition) is 7. The first-order chi connectivity index (χ1) is 18.7. The van der Waals surface area contributed by atoms with Crippen molar-refractivity contribution >= 4 is 34.7 Å². The van der Waals surface area contributed by atoms with Gasteiger partial charge in [-0.3, -0.25) is 9.63 Å². The highest BCUT2D eigenvalue weighted by Crippen LogP contribution is 2.66. The molecule has 4 aliphatic carbocycles. The summed E-state index contributed by atoms with van der Waals surface area (Å²) in [5.41, 5.74) is 2.78. The SMILES string of the molecule is CNCCN(CCC1NCCC1=S)C(=O)O/N=C(\C)[C@H]1CC[C@H]2[C@@H]3CCC4=CC(=O)CC[C@]4(C)[C@H]3CC[C@]12C. The molecule has 0 aromatic heterocycles. The van der Waals surface area contributed by atoms with Crippen LogP contribution < -0.4 is 10.6 Å². The molecule has 0 bridgehead atoms. The fourth-order valence-electron chi connectivity index (χ4n) is 9.22. The van der Waals surface area contributed by atoms with Crippen LogP contribution in [0, 0.1) is 34.5 Å². The molecule has 5 aliphatic rings. The van der Waals surface area contributed by atoms with E-state index in [9.17, 15) is 9.59 Å². The van der Waals surface area contributed by atoms with Crippen LogP contribution >= 0.6 is 12.2 Å². The van der Waals surface area contributed by atoms with E-state index >= 15 is 0 Å². The molecule has 0 aromatic carbocycles. The van der Waals surface area contributed by atoms with Crippen LogP contribution in [0.1, 0.15) is 85.0 Å². The quantitative estimate of drug-likeness (QED) is 0.183. The van der Waals surface area contributed by atoms with Crippen LogP contribution in [0.5, 0.6) is 0 Å². The lowest BCUT2D eigenvalue weighted by atomic mass is 9.46. The average molecular weight is 557 g/mol. The average Bonchev–Trinajstić information content (AvgIpc) is 3.49. The maximum absolute atomic E-state index is 13.1. The van der Waals surface area contributed by atoms with Gasteiger partial charge in [-0.1, -0.05) is 36.8 Å². The molecule has 0 radical (unpaired) electrons. The van der Waals surface area contributed by atoms with Crippen molar-refractivity contribution in [1.82, 2.24) is 15.5 Å². The number of carbonyl (C=O) groups is 2. The molecule has 7 nitrogen and oxygen atoms in total. The number of carbonyl (C=O) groups excluding carboxylic acids is 2. The van der Waals surface area contributed by atoms with Crippen molar-refractivity contribution in [1.29, 1.82) is 0 Å². The van der Waals surface area contributed by atoms with Crippen LogP contribution in [-0.4, -0.2) is 66.6 Å². The number of hydrogen-bond donors (Lipinski definition) is 2. The zero-order valence-corrected chi connectivity index (χ0v) is 25.2. The van der Waals surface area contributed by atoms with Crippen LogP contribution in [0.4, 0.5) is 4.79 Å². The van der Waals surface area contributed by atoms with Gasteiger partial charge in [-0.15, -0.1) is 0 Å². The summed E-state index contributed by atoms with van der Waals surface area (Å²) in [6.45, 7) is 9.78. The van der Waals surface area contributed by atoms with Crippen LogP contribution in [0.3, 0.4) is 0 Å². The highest BCUT2D eigenvalue weighted by atomic mass is 32.1. The number of rotatable bonds is 8. The molecule has 2 N–H and O–H groups in total. The number of nitrogens with one attached hydrogen (secondary N) is 2. The van der Waals surface area contributed by atoms with E-state index in [0.717, 1.165) is 49.2 Å². The predicted octanol–water partition coefficient (Wildman–Crippen LogP) is 5.29. The number of likely N-dealkylation sites (N-methyl/N-ethyl adjacent to an activating group) is 1. The van der Waals surface area contributed by atoms with E-state index < -0.39 is 0 Å². The number of allylic oxidation sites excluding steroid dienone is 1. The van der Waals surface area contributed by atoms with Crippen molar-refractivity contribution in [3.8, 4) is 0 Å². The normalized spacial score (nSPS) is 38.1. The Hall–Kier alpha value is -1.64. The Kier molecular flexibility index (Phi) is 8.65. The van der Waals surface area contributed by atoms with E-state index in [0.29, 0.717) is 55.5 Å². The summed E-state index contributed by atoms with van der Waals surface area (Å²) in [4.78, 5) is 33.6. The van der Waals surface area contributed by atoms with Crippen LogP contribution in [0.2, 0.25) is 0 Å². The smallest absolute Gasteiger partial charge is 0.318 e. The number of thiocarbonyl (C=S) groups is 1. The lowest BCUT2D eigenvalue weighted by molar-refractivity contribution is -0.117. The van der Waals surface area contributed by atoms with E-state index in [1.807, 2.05) is 13.1 Å². The third-order valence-corrected chi connectivity index (χ3v) is 12.0. The number of amides is 1. The summed E-state index contributed by atoms with van der Waals surface area (Å²) in [5, 5.41) is 11.0. The highest BCUT2D eigenvalue weighted by molar-refractivity contribution is 7.80. The van der Waals surface area contributed by atoms with E-state index in [-0.39, 0.29) is 23.0 Å². The predicted molar refractivity (Wildman–Crippen MR) is 159 cm³/mol. The van der Waals surface area contributed by atoms with E-state index in [1.165, 1.54) is 31.3 Å².